The minimum absolute atomic E-state index is 0.179. The smallest absolute Gasteiger partial charge is 0.244 e. The van der Waals surface area contributed by atoms with E-state index in [0.717, 1.165) is 28.5 Å². The molecule has 0 unspecified atom stereocenters. The van der Waals surface area contributed by atoms with Gasteiger partial charge in [-0.1, -0.05) is 42.5 Å². The normalized spacial score (nSPS) is 11.3. The first-order valence-corrected chi connectivity index (χ1v) is 12.8. The third-order valence-corrected chi connectivity index (χ3v) is 6.42. The van der Waals surface area contributed by atoms with Crippen LogP contribution in [0.5, 0.6) is 17.2 Å². The Kier molecular flexibility index (Phi) is 9.05. The van der Waals surface area contributed by atoms with Crippen LogP contribution in [0.15, 0.2) is 77.2 Å². The molecule has 1 heterocycles. The molecule has 0 spiro atoms. The van der Waals surface area contributed by atoms with Crippen LogP contribution in [0.4, 0.5) is 0 Å². The average molecular weight is 528 g/mol. The van der Waals surface area contributed by atoms with Crippen molar-refractivity contribution in [3.05, 3.63) is 95.3 Å². The van der Waals surface area contributed by atoms with Crippen molar-refractivity contribution in [2.24, 2.45) is 0 Å². The summed E-state index contributed by atoms with van der Waals surface area (Å²) in [5.74, 6) is 1.73. The van der Waals surface area contributed by atoms with Crippen LogP contribution in [0, 0.1) is 0 Å². The fraction of sp³-hybridized carbons (Fsp3) is 0.250. The Morgan fingerprint density at radius 2 is 1.59 bits per heavy atom. The molecule has 1 N–H and O–H groups in total. The number of ether oxygens (including phenoxy) is 3. The van der Waals surface area contributed by atoms with Crippen molar-refractivity contribution in [1.82, 2.24) is 5.32 Å². The molecule has 1 aromatic heterocycles. The highest BCUT2D eigenvalue weighted by Crippen LogP contribution is 2.35. The second-order valence-electron chi connectivity index (χ2n) is 9.16. The zero-order chi connectivity index (χ0) is 27.8. The average Bonchev–Trinajstić information content (AvgIpc) is 3.40. The molecule has 1 amide bonds. The van der Waals surface area contributed by atoms with Gasteiger partial charge in [-0.05, 0) is 59.9 Å². The van der Waals surface area contributed by atoms with E-state index in [1.807, 2.05) is 55.5 Å². The van der Waals surface area contributed by atoms with Crippen molar-refractivity contribution < 1.29 is 28.2 Å². The molecule has 7 heteroatoms. The molecule has 0 bridgehead atoms. The molecular formula is C32H33NO6. The molecule has 4 rings (SSSR count). The van der Waals surface area contributed by atoms with E-state index < -0.39 is 0 Å². The fourth-order valence-electron chi connectivity index (χ4n) is 4.34. The Labute approximate surface area is 228 Å². The molecule has 0 aliphatic carbocycles. The minimum atomic E-state index is -0.209. The zero-order valence-corrected chi connectivity index (χ0v) is 22.7. The van der Waals surface area contributed by atoms with Gasteiger partial charge in [0.15, 0.2) is 34.4 Å². The minimum Gasteiger partial charge on any atom is -0.493 e. The number of ketones is 1. The lowest BCUT2D eigenvalue weighted by molar-refractivity contribution is -0.116. The van der Waals surface area contributed by atoms with Crippen molar-refractivity contribution in [3.8, 4) is 17.2 Å². The van der Waals surface area contributed by atoms with E-state index in [1.54, 1.807) is 26.4 Å². The number of carbonyl (C=O) groups excluding carboxylic acids is 2. The summed E-state index contributed by atoms with van der Waals surface area (Å²) in [4.78, 5) is 24.8. The number of Topliss-reactive ketones (excluding diaryl/α,β-unsaturated/α-hetero) is 1. The SMILES string of the molecule is COc1ccc(CCNC(=O)/C=C(/C)c2ccc(OCCc3ccccc3)c3oc(C(C)=O)cc23)cc1OC. The summed E-state index contributed by atoms with van der Waals surface area (Å²) in [5.41, 5.74) is 4.23. The predicted molar refractivity (Wildman–Crippen MR) is 152 cm³/mol. The lowest BCUT2D eigenvalue weighted by Gasteiger charge is -2.11. The number of benzene rings is 3. The molecular weight excluding hydrogens is 494 g/mol. The molecule has 0 radical (unpaired) electrons. The van der Waals surface area contributed by atoms with Crippen LogP contribution in [0.1, 0.15) is 41.1 Å². The van der Waals surface area contributed by atoms with Gasteiger partial charge in [0.2, 0.25) is 5.91 Å². The van der Waals surface area contributed by atoms with Crippen molar-refractivity contribution in [1.29, 1.82) is 0 Å². The van der Waals surface area contributed by atoms with E-state index in [1.165, 1.54) is 12.5 Å². The Morgan fingerprint density at radius 1 is 0.846 bits per heavy atom. The van der Waals surface area contributed by atoms with E-state index in [-0.39, 0.29) is 17.5 Å². The van der Waals surface area contributed by atoms with Gasteiger partial charge in [0.25, 0.3) is 0 Å². The van der Waals surface area contributed by atoms with Gasteiger partial charge >= 0.3 is 0 Å². The molecule has 7 nitrogen and oxygen atoms in total. The Hall–Kier alpha value is -4.52. The van der Waals surface area contributed by atoms with E-state index in [4.69, 9.17) is 18.6 Å². The Balaban J connectivity index is 1.46. The first-order valence-electron chi connectivity index (χ1n) is 12.8. The van der Waals surface area contributed by atoms with Crippen LogP contribution in [0.3, 0.4) is 0 Å². The summed E-state index contributed by atoms with van der Waals surface area (Å²) in [5, 5.41) is 3.66. The van der Waals surface area contributed by atoms with Gasteiger partial charge in [-0.2, -0.15) is 0 Å². The van der Waals surface area contributed by atoms with Crippen LogP contribution in [0.25, 0.3) is 16.5 Å². The number of furan rings is 1. The van der Waals surface area contributed by atoms with Crippen molar-refractivity contribution in [3.63, 3.8) is 0 Å². The number of allylic oxidation sites excluding steroid dienone is 1. The standard InChI is InChI=1S/C32H33NO6/c1-21(18-31(35)33-16-14-24-10-12-27(36-3)30(19-24)37-4)25-11-13-28(32-26(25)20-29(39-32)22(2)34)38-17-15-23-8-6-5-7-9-23/h5-13,18-20H,14-17H2,1-4H3,(H,33,35)/b21-18-. The maximum Gasteiger partial charge on any atom is 0.244 e. The van der Waals surface area contributed by atoms with Crippen LogP contribution >= 0.6 is 0 Å². The molecule has 0 aliphatic rings. The number of hydrogen-bond acceptors (Lipinski definition) is 6. The summed E-state index contributed by atoms with van der Waals surface area (Å²) in [6, 6.07) is 21.2. The third kappa shape index (κ3) is 6.87. The largest absolute Gasteiger partial charge is 0.493 e. The number of rotatable bonds is 12. The van der Waals surface area contributed by atoms with Gasteiger partial charge in [0.1, 0.15) is 0 Å². The lowest BCUT2D eigenvalue weighted by atomic mass is 10.0. The molecule has 202 valence electrons. The van der Waals surface area contributed by atoms with E-state index in [9.17, 15) is 9.59 Å². The monoisotopic (exact) mass is 527 g/mol. The van der Waals surface area contributed by atoms with Crippen LogP contribution < -0.4 is 19.5 Å². The molecule has 0 saturated carbocycles. The van der Waals surface area contributed by atoms with Gasteiger partial charge in [-0.25, -0.2) is 0 Å². The number of methoxy groups -OCH3 is 2. The van der Waals surface area contributed by atoms with Gasteiger partial charge in [0.05, 0.1) is 20.8 Å². The number of carbonyl (C=O) groups is 2. The zero-order valence-electron chi connectivity index (χ0n) is 22.7. The molecule has 0 aliphatic heterocycles. The van der Waals surface area contributed by atoms with Crippen LogP contribution in [-0.2, 0) is 17.6 Å². The second-order valence-corrected chi connectivity index (χ2v) is 9.16. The van der Waals surface area contributed by atoms with Crippen molar-refractivity contribution in [2.75, 3.05) is 27.4 Å². The van der Waals surface area contributed by atoms with Crippen molar-refractivity contribution in [2.45, 2.75) is 26.7 Å². The summed E-state index contributed by atoms with van der Waals surface area (Å²) in [6.45, 7) is 4.24. The molecule has 3 aromatic carbocycles. The van der Waals surface area contributed by atoms with Gasteiger partial charge in [-0.3, -0.25) is 9.59 Å². The van der Waals surface area contributed by atoms with Crippen molar-refractivity contribution >= 4 is 28.2 Å². The maximum absolute atomic E-state index is 12.7. The van der Waals surface area contributed by atoms with E-state index in [0.29, 0.717) is 42.4 Å². The summed E-state index contributed by atoms with van der Waals surface area (Å²) >= 11 is 0. The third-order valence-electron chi connectivity index (χ3n) is 6.42. The number of fused-ring (bicyclic) bond motifs is 1. The highest BCUT2D eigenvalue weighted by molar-refractivity contribution is 6.03. The van der Waals surface area contributed by atoms with Crippen LogP contribution in [0.2, 0.25) is 0 Å². The van der Waals surface area contributed by atoms with Crippen LogP contribution in [-0.4, -0.2) is 39.1 Å². The lowest BCUT2D eigenvalue weighted by Crippen LogP contribution is -2.23. The quantitative estimate of drug-likeness (QED) is 0.179. The maximum atomic E-state index is 12.7. The summed E-state index contributed by atoms with van der Waals surface area (Å²) in [6.07, 6.45) is 2.94. The number of hydrogen-bond donors (Lipinski definition) is 1. The second kappa shape index (κ2) is 12.8. The predicted octanol–water partition coefficient (Wildman–Crippen LogP) is 6.04. The summed E-state index contributed by atoms with van der Waals surface area (Å²) in [7, 11) is 3.19. The van der Waals surface area contributed by atoms with E-state index in [2.05, 4.69) is 17.4 Å². The first kappa shape index (κ1) is 27.5. The Morgan fingerprint density at radius 3 is 2.31 bits per heavy atom. The molecule has 0 saturated heterocycles. The molecule has 4 aromatic rings. The van der Waals surface area contributed by atoms with E-state index >= 15 is 0 Å². The van der Waals surface area contributed by atoms with Gasteiger partial charge < -0.3 is 23.9 Å². The van der Waals surface area contributed by atoms with Gasteiger partial charge in [0, 0.05) is 31.4 Å². The first-order chi connectivity index (χ1) is 18.9. The highest BCUT2D eigenvalue weighted by atomic mass is 16.5. The molecule has 0 fully saturated rings. The molecule has 39 heavy (non-hydrogen) atoms. The fourth-order valence-corrected chi connectivity index (χ4v) is 4.34. The number of amides is 1. The Bertz CT molecular complexity index is 1490. The number of nitrogens with one attached hydrogen (secondary N) is 1. The molecule has 0 atom stereocenters. The highest BCUT2D eigenvalue weighted by Gasteiger charge is 2.17. The summed E-state index contributed by atoms with van der Waals surface area (Å²) < 4.78 is 22.5. The topological polar surface area (TPSA) is 87.0 Å². The van der Waals surface area contributed by atoms with Gasteiger partial charge in [-0.15, -0.1) is 0 Å².